The number of amides is 1. The summed E-state index contributed by atoms with van der Waals surface area (Å²) in [5, 5.41) is 0.547. The van der Waals surface area contributed by atoms with Crippen molar-refractivity contribution in [2.24, 2.45) is 4.99 Å². The zero-order valence-corrected chi connectivity index (χ0v) is 10.4. The maximum atomic E-state index is 12.3. The average molecular weight is 249 g/mol. The minimum atomic E-state index is -0.0528. The molecule has 1 aromatic carbocycles. The first-order chi connectivity index (χ1) is 8.11. The molecule has 1 aromatic rings. The highest BCUT2D eigenvalue weighted by atomic mass is 35.5. The van der Waals surface area contributed by atoms with Crippen LogP contribution in [0.25, 0.3) is 0 Å². The lowest BCUT2D eigenvalue weighted by atomic mass is 10.1. The third kappa shape index (κ3) is 2.39. The first kappa shape index (κ1) is 11.9. The molecule has 1 aliphatic heterocycles. The number of halogens is 1. The van der Waals surface area contributed by atoms with Crippen LogP contribution in [0.5, 0.6) is 0 Å². The van der Waals surface area contributed by atoms with Crippen LogP contribution in [0.4, 0.5) is 5.69 Å². The molecular formula is C13H13ClN2O. The molecule has 0 radical (unpaired) electrons. The molecule has 2 rings (SSSR count). The molecule has 4 heteroatoms. The molecule has 17 heavy (non-hydrogen) atoms. The van der Waals surface area contributed by atoms with Gasteiger partial charge in [-0.25, -0.2) is 0 Å². The Balaban J connectivity index is 2.51. The maximum absolute atomic E-state index is 12.3. The molecule has 0 N–H and O–H groups in total. The van der Waals surface area contributed by atoms with Gasteiger partial charge >= 0.3 is 0 Å². The smallest absolute Gasteiger partial charge is 0.256 e. The van der Waals surface area contributed by atoms with Crippen molar-refractivity contribution in [2.45, 2.75) is 6.92 Å². The topological polar surface area (TPSA) is 32.7 Å². The van der Waals surface area contributed by atoms with Gasteiger partial charge in [0.15, 0.2) is 0 Å². The number of nitrogens with zero attached hydrogens (tertiary/aromatic N) is 2. The van der Waals surface area contributed by atoms with Gasteiger partial charge in [0, 0.05) is 17.3 Å². The predicted molar refractivity (Wildman–Crippen MR) is 70.3 cm³/mol. The molecule has 0 fully saturated rings. The Kier molecular flexibility index (Phi) is 3.29. The van der Waals surface area contributed by atoms with Crippen LogP contribution in [0.2, 0.25) is 5.02 Å². The highest BCUT2D eigenvalue weighted by Crippen LogP contribution is 2.27. The van der Waals surface area contributed by atoms with Crippen molar-refractivity contribution < 1.29 is 4.79 Å². The standard InChI is InChI=1S/C13H13ClN2O/c1-3-6-16-8-9(2)15-12-5-4-10(14)7-11(12)13(16)17/h3-5,7H,1,6,8H2,2H3. The lowest BCUT2D eigenvalue weighted by Crippen LogP contribution is -2.33. The van der Waals surface area contributed by atoms with Gasteiger partial charge in [0.2, 0.25) is 0 Å². The number of carbonyl (C=O) groups is 1. The Morgan fingerprint density at radius 1 is 1.59 bits per heavy atom. The van der Waals surface area contributed by atoms with Crippen molar-refractivity contribution in [1.29, 1.82) is 0 Å². The van der Waals surface area contributed by atoms with Crippen LogP contribution in [0.3, 0.4) is 0 Å². The average Bonchev–Trinajstić information content (AvgIpc) is 2.39. The zero-order chi connectivity index (χ0) is 12.4. The van der Waals surface area contributed by atoms with Crippen molar-refractivity contribution in [2.75, 3.05) is 13.1 Å². The molecular weight excluding hydrogens is 236 g/mol. The molecule has 0 aliphatic carbocycles. The van der Waals surface area contributed by atoms with Gasteiger partial charge in [-0.1, -0.05) is 17.7 Å². The monoisotopic (exact) mass is 248 g/mol. The van der Waals surface area contributed by atoms with Gasteiger partial charge in [0.1, 0.15) is 0 Å². The van der Waals surface area contributed by atoms with Crippen LogP contribution < -0.4 is 0 Å². The summed E-state index contributed by atoms with van der Waals surface area (Å²) in [7, 11) is 0. The van der Waals surface area contributed by atoms with E-state index in [1.165, 1.54) is 0 Å². The molecule has 3 nitrogen and oxygen atoms in total. The van der Waals surface area contributed by atoms with E-state index in [-0.39, 0.29) is 5.91 Å². The van der Waals surface area contributed by atoms with E-state index in [0.717, 1.165) is 5.71 Å². The first-order valence-electron chi connectivity index (χ1n) is 5.35. The third-order valence-corrected chi connectivity index (χ3v) is 2.79. The number of benzene rings is 1. The Bertz CT molecular complexity index is 508. The maximum Gasteiger partial charge on any atom is 0.256 e. The fourth-order valence-corrected chi connectivity index (χ4v) is 2.01. The van der Waals surface area contributed by atoms with E-state index in [1.807, 2.05) is 6.92 Å². The summed E-state index contributed by atoms with van der Waals surface area (Å²) >= 11 is 5.92. The number of carbonyl (C=O) groups excluding carboxylic acids is 1. The summed E-state index contributed by atoms with van der Waals surface area (Å²) < 4.78 is 0. The Hall–Kier alpha value is -1.61. The summed E-state index contributed by atoms with van der Waals surface area (Å²) in [4.78, 5) is 18.4. The Morgan fingerprint density at radius 3 is 3.06 bits per heavy atom. The molecule has 0 atom stereocenters. The molecule has 0 unspecified atom stereocenters. The molecule has 88 valence electrons. The van der Waals surface area contributed by atoms with E-state index >= 15 is 0 Å². The van der Waals surface area contributed by atoms with Gasteiger partial charge in [-0.3, -0.25) is 9.79 Å². The minimum Gasteiger partial charge on any atom is -0.329 e. The Morgan fingerprint density at radius 2 is 2.35 bits per heavy atom. The zero-order valence-electron chi connectivity index (χ0n) is 9.61. The van der Waals surface area contributed by atoms with Gasteiger partial charge in [-0.2, -0.15) is 0 Å². The van der Waals surface area contributed by atoms with E-state index < -0.39 is 0 Å². The van der Waals surface area contributed by atoms with Crippen molar-refractivity contribution in [3.8, 4) is 0 Å². The van der Waals surface area contributed by atoms with Crippen molar-refractivity contribution >= 4 is 28.9 Å². The molecule has 1 aliphatic rings. The normalized spacial score (nSPS) is 15.1. The van der Waals surface area contributed by atoms with Crippen LogP contribution in [-0.4, -0.2) is 29.6 Å². The number of hydrogen-bond donors (Lipinski definition) is 0. The van der Waals surface area contributed by atoms with Crippen LogP contribution in [0.15, 0.2) is 35.8 Å². The highest BCUT2D eigenvalue weighted by molar-refractivity contribution is 6.31. The van der Waals surface area contributed by atoms with E-state index in [4.69, 9.17) is 11.6 Å². The van der Waals surface area contributed by atoms with Gasteiger partial charge < -0.3 is 4.90 Å². The van der Waals surface area contributed by atoms with Crippen molar-refractivity contribution in [3.63, 3.8) is 0 Å². The second kappa shape index (κ2) is 4.72. The van der Waals surface area contributed by atoms with E-state index in [2.05, 4.69) is 11.6 Å². The van der Waals surface area contributed by atoms with Crippen molar-refractivity contribution in [1.82, 2.24) is 4.90 Å². The molecule has 0 saturated heterocycles. The highest BCUT2D eigenvalue weighted by Gasteiger charge is 2.22. The van der Waals surface area contributed by atoms with Gasteiger partial charge in [-0.15, -0.1) is 6.58 Å². The molecule has 0 saturated carbocycles. The number of rotatable bonds is 2. The van der Waals surface area contributed by atoms with Crippen molar-refractivity contribution in [3.05, 3.63) is 41.4 Å². The molecule has 1 amide bonds. The quantitative estimate of drug-likeness (QED) is 0.741. The first-order valence-corrected chi connectivity index (χ1v) is 5.73. The van der Waals surface area contributed by atoms with Gasteiger partial charge in [0.25, 0.3) is 5.91 Å². The Labute approximate surface area is 105 Å². The fourth-order valence-electron chi connectivity index (χ4n) is 1.84. The summed E-state index contributed by atoms with van der Waals surface area (Å²) in [6, 6.07) is 5.18. The SMILES string of the molecule is C=CCN1CC(C)=Nc2ccc(Cl)cc2C1=O. The van der Waals surface area contributed by atoms with E-state index in [9.17, 15) is 4.79 Å². The largest absolute Gasteiger partial charge is 0.329 e. The van der Waals surface area contributed by atoms with Crippen LogP contribution >= 0.6 is 11.6 Å². The molecule has 0 aromatic heterocycles. The number of fused-ring (bicyclic) bond motifs is 1. The molecule has 0 spiro atoms. The fraction of sp³-hybridized carbons (Fsp3) is 0.231. The summed E-state index contributed by atoms with van der Waals surface area (Å²) in [6.07, 6.45) is 1.71. The summed E-state index contributed by atoms with van der Waals surface area (Å²) in [5.41, 5.74) is 2.14. The number of aliphatic imine (C=N–C) groups is 1. The van der Waals surface area contributed by atoms with Gasteiger partial charge in [0.05, 0.1) is 17.8 Å². The molecule has 0 bridgehead atoms. The minimum absolute atomic E-state index is 0.0528. The van der Waals surface area contributed by atoms with E-state index in [1.54, 1.807) is 29.2 Å². The van der Waals surface area contributed by atoms with E-state index in [0.29, 0.717) is 29.4 Å². The van der Waals surface area contributed by atoms with Crippen LogP contribution in [0.1, 0.15) is 17.3 Å². The lowest BCUT2D eigenvalue weighted by Gasteiger charge is -2.18. The summed E-state index contributed by atoms with van der Waals surface area (Å²) in [6.45, 7) is 6.60. The third-order valence-electron chi connectivity index (χ3n) is 2.56. The van der Waals surface area contributed by atoms with Gasteiger partial charge in [-0.05, 0) is 25.1 Å². The van der Waals surface area contributed by atoms with Crippen LogP contribution in [-0.2, 0) is 0 Å². The second-order valence-corrected chi connectivity index (χ2v) is 4.42. The lowest BCUT2D eigenvalue weighted by molar-refractivity contribution is 0.0798. The van der Waals surface area contributed by atoms with Crippen LogP contribution in [0, 0.1) is 0 Å². The second-order valence-electron chi connectivity index (χ2n) is 3.98. The molecule has 1 heterocycles. The summed E-state index contributed by atoms with van der Waals surface area (Å²) in [5.74, 6) is -0.0528. The number of hydrogen-bond acceptors (Lipinski definition) is 2. The predicted octanol–water partition coefficient (Wildman–Crippen LogP) is 3.07.